The molecule has 1 atom stereocenters. The van der Waals surface area contributed by atoms with Crippen molar-refractivity contribution in [1.29, 1.82) is 0 Å². The Hall–Kier alpha value is -2.41. The Morgan fingerprint density at radius 3 is 2.70 bits per heavy atom. The minimum absolute atomic E-state index is 0.103. The van der Waals surface area contributed by atoms with Gasteiger partial charge in [-0.2, -0.15) is 5.10 Å². The number of rotatable bonds is 3. The van der Waals surface area contributed by atoms with Crippen LogP contribution in [0, 0.1) is 6.92 Å². The zero-order valence-electron chi connectivity index (χ0n) is 13.4. The van der Waals surface area contributed by atoms with Crippen molar-refractivity contribution in [1.82, 2.24) is 25.4 Å². The van der Waals surface area contributed by atoms with Gasteiger partial charge in [0.1, 0.15) is 5.82 Å². The molecule has 0 radical (unpaired) electrons. The fraction of sp³-hybridized carbons (Fsp3) is 0.438. The number of carbonyl (C=O) groups excluding carboxylic acids is 1. The van der Waals surface area contributed by atoms with E-state index in [0.29, 0.717) is 38.0 Å². The van der Waals surface area contributed by atoms with Crippen molar-refractivity contribution in [3.63, 3.8) is 0 Å². The van der Waals surface area contributed by atoms with E-state index in [1.165, 1.54) is 5.56 Å². The number of aryl methyl sites for hydroxylation is 1. The van der Waals surface area contributed by atoms with Crippen LogP contribution in [-0.4, -0.2) is 52.4 Å². The van der Waals surface area contributed by atoms with Gasteiger partial charge >= 0.3 is 6.03 Å². The summed E-state index contributed by atoms with van der Waals surface area (Å²) in [5, 5.41) is 10.1. The highest BCUT2D eigenvalue weighted by atomic mass is 16.5. The number of morpholine rings is 1. The normalized spacial score (nSPS) is 16.2. The van der Waals surface area contributed by atoms with Gasteiger partial charge in [-0.25, -0.2) is 9.78 Å². The molecule has 122 valence electrons. The number of carbonyl (C=O) groups is 1. The molecule has 1 fully saturated rings. The number of benzene rings is 1. The van der Waals surface area contributed by atoms with Crippen molar-refractivity contribution in [2.45, 2.75) is 19.9 Å². The lowest BCUT2D eigenvalue weighted by Crippen LogP contribution is -2.46. The Balaban J connectivity index is 1.64. The van der Waals surface area contributed by atoms with Crippen molar-refractivity contribution in [3.05, 3.63) is 35.7 Å². The standard InChI is InChI=1S/C16H21N5O2/c1-11-3-5-13(6-4-11)15-18-14(19-20-15)12(2)17-16(22)21-7-9-23-10-8-21/h3-6,12H,7-10H2,1-2H3,(H,17,22)(H,18,19,20). The Bertz CT molecular complexity index is 661. The summed E-state index contributed by atoms with van der Waals surface area (Å²) in [4.78, 5) is 18.4. The number of hydrogen-bond donors (Lipinski definition) is 2. The molecule has 0 spiro atoms. The predicted octanol–water partition coefficient (Wildman–Crippen LogP) is 1.88. The lowest BCUT2D eigenvalue weighted by atomic mass is 10.1. The number of ether oxygens (including phenoxy) is 1. The molecule has 2 heterocycles. The van der Waals surface area contributed by atoms with E-state index in [1.807, 2.05) is 38.1 Å². The van der Waals surface area contributed by atoms with Crippen molar-refractivity contribution >= 4 is 6.03 Å². The van der Waals surface area contributed by atoms with E-state index in [9.17, 15) is 4.79 Å². The van der Waals surface area contributed by atoms with Crippen LogP contribution in [0.1, 0.15) is 24.4 Å². The van der Waals surface area contributed by atoms with Gasteiger partial charge in [0.05, 0.1) is 19.3 Å². The molecule has 2 aromatic rings. The average molecular weight is 315 g/mol. The third kappa shape index (κ3) is 3.68. The topological polar surface area (TPSA) is 83.1 Å². The number of nitrogens with one attached hydrogen (secondary N) is 2. The maximum atomic E-state index is 12.2. The van der Waals surface area contributed by atoms with Crippen LogP contribution in [0.4, 0.5) is 4.79 Å². The van der Waals surface area contributed by atoms with E-state index in [0.717, 1.165) is 5.56 Å². The maximum Gasteiger partial charge on any atom is 0.318 e. The second-order valence-electron chi connectivity index (χ2n) is 5.68. The summed E-state index contributed by atoms with van der Waals surface area (Å²) in [6.07, 6.45) is 0. The molecule has 3 rings (SSSR count). The smallest absolute Gasteiger partial charge is 0.318 e. The number of aromatic nitrogens is 3. The molecular formula is C16H21N5O2. The third-order valence-corrected chi connectivity index (χ3v) is 3.86. The fourth-order valence-electron chi connectivity index (χ4n) is 2.41. The molecule has 23 heavy (non-hydrogen) atoms. The van der Waals surface area contributed by atoms with Crippen LogP contribution >= 0.6 is 0 Å². The maximum absolute atomic E-state index is 12.2. The highest BCUT2D eigenvalue weighted by molar-refractivity contribution is 5.74. The van der Waals surface area contributed by atoms with Crippen LogP contribution in [0.2, 0.25) is 0 Å². The molecule has 1 aliphatic rings. The molecule has 1 unspecified atom stereocenters. The van der Waals surface area contributed by atoms with Crippen LogP contribution in [0.5, 0.6) is 0 Å². The Labute approximate surface area is 135 Å². The number of nitrogens with zero attached hydrogens (tertiary/aromatic N) is 3. The van der Waals surface area contributed by atoms with Crippen LogP contribution < -0.4 is 5.32 Å². The van der Waals surface area contributed by atoms with Crippen LogP contribution in [0.3, 0.4) is 0 Å². The van der Waals surface area contributed by atoms with Crippen molar-refractivity contribution in [2.75, 3.05) is 26.3 Å². The Morgan fingerprint density at radius 1 is 1.30 bits per heavy atom. The van der Waals surface area contributed by atoms with E-state index in [2.05, 4.69) is 20.5 Å². The van der Waals surface area contributed by atoms with Crippen LogP contribution in [-0.2, 0) is 4.74 Å². The van der Waals surface area contributed by atoms with Gasteiger partial charge in [-0.05, 0) is 13.8 Å². The molecule has 1 aliphatic heterocycles. The molecule has 1 aromatic heterocycles. The van der Waals surface area contributed by atoms with Crippen LogP contribution in [0.15, 0.2) is 24.3 Å². The van der Waals surface area contributed by atoms with Crippen molar-refractivity contribution in [2.24, 2.45) is 0 Å². The predicted molar refractivity (Wildman–Crippen MR) is 85.9 cm³/mol. The molecule has 2 N–H and O–H groups in total. The lowest BCUT2D eigenvalue weighted by Gasteiger charge is -2.28. The zero-order chi connectivity index (χ0) is 16.2. The average Bonchev–Trinajstić information content (AvgIpc) is 3.06. The van der Waals surface area contributed by atoms with E-state index in [1.54, 1.807) is 4.90 Å². The molecule has 0 bridgehead atoms. The number of amides is 2. The molecule has 2 amide bonds. The summed E-state index contributed by atoms with van der Waals surface area (Å²) in [7, 11) is 0. The minimum Gasteiger partial charge on any atom is -0.378 e. The second-order valence-corrected chi connectivity index (χ2v) is 5.68. The fourth-order valence-corrected chi connectivity index (χ4v) is 2.41. The quantitative estimate of drug-likeness (QED) is 0.906. The first-order valence-corrected chi connectivity index (χ1v) is 7.76. The molecule has 0 aliphatic carbocycles. The van der Waals surface area contributed by atoms with E-state index >= 15 is 0 Å². The Kier molecular flexibility index (Phi) is 4.57. The highest BCUT2D eigenvalue weighted by Crippen LogP contribution is 2.17. The first-order chi connectivity index (χ1) is 11.1. The van der Waals surface area contributed by atoms with Crippen molar-refractivity contribution < 1.29 is 9.53 Å². The van der Waals surface area contributed by atoms with Crippen LogP contribution in [0.25, 0.3) is 11.4 Å². The summed E-state index contributed by atoms with van der Waals surface area (Å²) in [6, 6.07) is 7.67. The van der Waals surface area contributed by atoms with E-state index in [-0.39, 0.29) is 12.1 Å². The summed E-state index contributed by atoms with van der Waals surface area (Å²) < 4.78 is 5.25. The second kappa shape index (κ2) is 6.78. The monoisotopic (exact) mass is 315 g/mol. The van der Waals surface area contributed by atoms with Gasteiger partial charge in [0.25, 0.3) is 0 Å². The number of hydrogen-bond acceptors (Lipinski definition) is 4. The Morgan fingerprint density at radius 2 is 2.00 bits per heavy atom. The number of urea groups is 1. The van der Waals surface area contributed by atoms with Gasteiger partial charge in [-0.3, -0.25) is 5.10 Å². The molecule has 1 aromatic carbocycles. The molecule has 7 nitrogen and oxygen atoms in total. The lowest BCUT2D eigenvalue weighted by molar-refractivity contribution is 0.0525. The van der Waals surface area contributed by atoms with Gasteiger partial charge in [0.15, 0.2) is 5.82 Å². The highest BCUT2D eigenvalue weighted by Gasteiger charge is 2.20. The van der Waals surface area contributed by atoms with Gasteiger partial charge in [-0.1, -0.05) is 29.8 Å². The summed E-state index contributed by atoms with van der Waals surface area (Å²) in [5.41, 5.74) is 2.14. The van der Waals surface area contributed by atoms with Gasteiger partial charge in [-0.15, -0.1) is 0 Å². The first-order valence-electron chi connectivity index (χ1n) is 7.76. The first kappa shape index (κ1) is 15.5. The van der Waals surface area contributed by atoms with Crippen molar-refractivity contribution in [3.8, 4) is 11.4 Å². The molecule has 7 heteroatoms. The molecule has 1 saturated heterocycles. The molecular weight excluding hydrogens is 294 g/mol. The van der Waals surface area contributed by atoms with E-state index in [4.69, 9.17) is 4.74 Å². The third-order valence-electron chi connectivity index (χ3n) is 3.86. The summed E-state index contributed by atoms with van der Waals surface area (Å²) >= 11 is 0. The van der Waals surface area contributed by atoms with E-state index < -0.39 is 0 Å². The van der Waals surface area contributed by atoms with Gasteiger partial charge in [0, 0.05) is 18.7 Å². The molecule has 0 saturated carbocycles. The van der Waals surface area contributed by atoms with Gasteiger partial charge < -0.3 is 15.0 Å². The SMILES string of the molecule is Cc1ccc(-c2n[nH]c(C(C)NC(=O)N3CCOCC3)n2)cc1. The number of aromatic amines is 1. The number of H-pyrrole nitrogens is 1. The van der Waals surface area contributed by atoms with Gasteiger partial charge in [0.2, 0.25) is 0 Å². The summed E-state index contributed by atoms with van der Waals surface area (Å²) in [5.74, 6) is 1.27. The summed E-state index contributed by atoms with van der Waals surface area (Å²) in [6.45, 7) is 6.32. The largest absolute Gasteiger partial charge is 0.378 e. The zero-order valence-corrected chi connectivity index (χ0v) is 13.4. The minimum atomic E-state index is -0.239.